The Labute approximate surface area is 84.4 Å². The zero-order valence-corrected chi connectivity index (χ0v) is 8.80. The molecule has 4 heteroatoms. The number of amides is 1. The number of hydrogen-bond donors (Lipinski definition) is 2. The van der Waals surface area contributed by atoms with Crippen molar-refractivity contribution in [3.05, 3.63) is 0 Å². The van der Waals surface area contributed by atoms with Gasteiger partial charge in [0, 0.05) is 6.54 Å². The normalized spacial score (nSPS) is 27.1. The van der Waals surface area contributed by atoms with Crippen molar-refractivity contribution >= 4 is 11.7 Å². The predicted molar refractivity (Wildman–Crippen MR) is 53.9 cm³/mol. The van der Waals surface area contributed by atoms with Crippen molar-refractivity contribution in [2.24, 2.45) is 0 Å². The second-order valence-electron chi connectivity index (χ2n) is 3.77. The van der Waals surface area contributed by atoms with E-state index in [4.69, 9.17) is 0 Å². The van der Waals surface area contributed by atoms with Gasteiger partial charge in [0.25, 0.3) is 0 Å². The average molecular weight is 198 g/mol. The minimum Gasteiger partial charge on any atom is -0.344 e. The number of hydrogen-bond acceptors (Lipinski definition) is 3. The van der Waals surface area contributed by atoms with Crippen LogP contribution in [0, 0.1) is 0 Å². The fourth-order valence-corrected chi connectivity index (χ4v) is 1.56. The highest BCUT2D eigenvalue weighted by Crippen LogP contribution is 2.05. The molecule has 0 aliphatic carbocycles. The molecular formula is C10H18N2O2. The molecule has 1 saturated heterocycles. The molecule has 4 nitrogen and oxygen atoms in total. The molecule has 0 aromatic rings. The molecule has 1 heterocycles. The summed E-state index contributed by atoms with van der Waals surface area (Å²) in [7, 11) is 0. The summed E-state index contributed by atoms with van der Waals surface area (Å²) in [5.41, 5.74) is 0. The van der Waals surface area contributed by atoms with Crippen molar-refractivity contribution in [1.29, 1.82) is 0 Å². The van der Waals surface area contributed by atoms with Crippen LogP contribution in [0.1, 0.15) is 33.1 Å². The lowest BCUT2D eigenvalue weighted by atomic mass is 10.0. The van der Waals surface area contributed by atoms with Gasteiger partial charge in [-0.2, -0.15) is 0 Å². The van der Waals surface area contributed by atoms with Crippen molar-refractivity contribution in [3.8, 4) is 0 Å². The Balaban J connectivity index is 2.40. The monoisotopic (exact) mass is 198 g/mol. The van der Waals surface area contributed by atoms with E-state index in [1.54, 1.807) is 0 Å². The summed E-state index contributed by atoms with van der Waals surface area (Å²) >= 11 is 0. The summed E-state index contributed by atoms with van der Waals surface area (Å²) in [5.74, 6) is -0.0234. The first-order valence-corrected chi connectivity index (χ1v) is 5.19. The first-order chi connectivity index (χ1) is 6.65. The van der Waals surface area contributed by atoms with E-state index in [1.165, 1.54) is 6.92 Å². The zero-order valence-electron chi connectivity index (χ0n) is 8.80. The molecule has 0 bridgehead atoms. The van der Waals surface area contributed by atoms with Crippen LogP contribution in [0.25, 0.3) is 0 Å². The van der Waals surface area contributed by atoms with Crippen molar-refractivity contribution in [1.82, 2.24) is 10.6 Å². The van der Waals surface area contributed by atoms with Gasteiger partial charge in [0.05, 0.1) is 12.1 Å². The van der Waals surface area contributed by atoms with E-state index in [9.17, 15) is 9.59 Å². The van der Waals surface area contributed by atoms with E-state index in [0.717, 1.165) is 19.3 Å². The molecule has 1 fully saturated rings. The minimum atomic E-state index is -0.333. The summed E-state index contributed by atoms with van der Waals surface area (Å²) in [4.78, 5) is 22.5. The van der Waals surface area contributed by atoms with E-state index in [0.29, 0.717) is 6.54 Å². The first-order valence-electron chi connectivity index (χ1n) is 5.19. The largest absolute Gasteiger partial charge is 0.344 e. The maximum atomic E-state index is 11.5. The minimum absolute atomic E-state index is 0.0137. The van der Waals surface area contributed by atoms with Gasteiger partial charge < -0.3 is 10.6 Å². The van der Waals surface area contributed by atoms with Crippen LogP contribution in [0.3, 0.4) is 0 Å². The lowest BCUT2D eigenvalue weighted by molar-refractivity contribution is -0.130. The number of Topliss-reactive ketones (excluding diaryl/α,β-unsaturated/α-hetero) is 1. The van der Waals surface area contributed by atoms with Crippen LogP contribution in [0.2, 0.25) is 0 Å². The molecule has 1 aliphatic rings. The van der Waals surface area contributed by atoms with Gasteiger partial charge in [-0.25, -0.2) is 0 Å². The van der Waals surface area contributed by atoms with Gasteiger partial charge in [0.15, 0.2) is 5.78 Å². The van der Waals surface area contributed by atoms with Gasteiger partial charge in [-0.3, -0.25) is 9.59 Å². The van der Waals surface area contributed by atoms with Crippen LogP contribution in [0.4, 0.5) is 0 Å². The molecule has 0 unspecified atom stereocenters. The Morgan fingerprint density at radius 2 is 2.29 bits per heavy atom. The van der Waals surface area contributed by atoms with Gasteiger partial charge in [0.1, 0.15) is 0 Å². The van der Waals surface area contributed by atoms with E-state index in [1.807, 2.05) is 0 Å². The summed E-state index contributed by atoms with van der Waals surface area (Å²) in [6, 6.07) is -0.439. The fraction of sp³-hybridized carbons (Fsp3) is 0.800. The third-order valence-corrected chi connectivity index (χ3v) is 2.54. The van der Waals surface area contributed by atoms with Gasteiger partial charge in [0.2, 0.25) is 5.91 Å². The quantitative estimate of drug-likeness (QED) is 0.679. The summed E-state index contributed by atoms with van der Waals surface area (Å²) in [6.07, 6.45) is 2.98. The van der Waals surface area contributed by atoms with E-state index < -0.39 is 0 Å². The molecule has 80 valence electrons. The van der Waals surface area contributed by atoms with Crippen LogP contribution in [0.5, 0.6) is 0 Å². The number of rotatable bonds is 4. The molecule has 0 aromatic carbocycles. The molecular weight excluding hydrogens is 180 g/mol. The van der Waals surface area contributed by atoms with E-state index in [-0.39, 0.29) is 23.8 Å². The molecule has 0 spiro atoms. The molecule has 2 atom stereocenters. The Morgan fingerprint density at radius 1 is 1.57 bits per heavy atom. The third-order valence-electron chi connectivity index (χ3n) is 2.54. The third kappa shape index (κ3) is 2.80. The van der Waals surface area contributed by atoms with E-state index in [2.05, 4.69) is 17.6 Å². The van der Waals surface area contributed by atoms with Crippen molar-refractivity contribution in [3.63, 3.8) is 0 Å². The number of carbonyl (C=O) groups excluding carboxylic acids is 2. The molecule has 1 aliphatic heterocycles. The Hall–Kier alpha value is -0.900. The number of ketones is 1. The standard InChI is InChI=1S/C10H18N2O2/c1-3-4-5-8-10(14)12-9(6-11-8)7(2)13/h8-9,11H,3-6H2,1-2H3,(H,12,14)/t8-,9-/m0/s1. The van der Waals surface area contributed by atoms with Gasteiger partial charge in [-0.05, 0) is 13.3 Å². The van der Waals surface area contributed by atoms with Crippen LogP contribution in [-0.2, 0) is 9.59 Å². The van der Waals surface area contributed by atoms with Crippen LogP contribution in [-0.4, -0.2) is 30.3 Å². The van der Waals surface area contributed by atoms with Crippen LogP contribution < -0.4 is 10.6 Å². The molecule has 0 saturated carbocycles. The van der Waals surface area contributed by atoms with Gasteiger partial charge in [-0.1, -0.05) is 19.8 Å². The highest BCUT2D eigenvalue weighted by molar-refractivity contribution is 5.91. The van der Waals surface area contributed by atoms with Crippen molar-refractivity contribution < 1.29 is 9.59 Å². The molecule has 1 rings (SSSR count). The smallest absolute Gasteiger partial charge is 0.237 e. The van der Waals surface area contributed by atoms with Crippen molar-refractivity contribution in [2.45, 2.75) is 45.2 Å². The highest BCUT2D eigenvalue weighted by Gasteiger charge is 2.28. The Bertz CT molecular complexity index is 228. The fourth-order valence-electron chi connectivity index (χ4n) is 1.56. The van der Waals surface area contributed by atoms with E-state index >= 15 is 0 Å². The molecule has 14 heavy (non-hydrogen) atoms. The summed E-state index contributed by atoms with van der Waals surface area (Å²) < 4.78 is 0. The number of piperazine rings is 1. The molecule has 1 amide bonds. The molecule has 2 N–H and O–H groups in total. The second-order valence-corrected chi connectivity index (χ2v) is 3.77. The number of nitrogens with one attached hydrogen (secondary N) is 2. The lowest BCUT2D eigenvalue weighted by Gasteiger charge is -2.28. The maximum absolute atomic E-state index is 11.5. The predicted octanol–water partition coefficient (Wildman–Crippen LogP) is 0.222. The summed E-state index contributed by atoms with van der Waals surface area (Å²) in [5, 5.41) is 5.83. The zero-order chi connectivity index (χ0) is 10.6. The number of carbonyl (C=O) groups is 2. The van der Waals surface area contributed by atoms with Crippen LogP contribution in [0.15, 0.2) is 0 Å². The average Bonchev–Trinajstić information content (AvgIpc) is 2.15. The second kappa shape index (κ2) is 5.10. The maximum Gasteiger partial charge on any atom is 0.237 e. The van der Waals surface area contributed by atoms with Crippen molar-refractivity contribution in [2.75, 3.05) is 6.54 Å². The Kier molecular flexibility index (Phi) is 4.07. The van der Waals surface area contributed by atoms with Gasteiger partial charge in [-0.15, -0.1) is 0 Å². The SMILES string of the molecule is CCCC[C@@H]1NC[C@@H](C(C)=O)NC1=O. The van der Waals surface area contributed by atoms with Gasteiger partial charge >= 0.3 is 0 Å². The molecule has 0 radical (unpaired) electrons. The highest BCUT2D eigenvalue weighted by atomic mass is 16.2. The molecule has 0 aromatic heterocycles. The topological polar surface area (TPSA) is 58.2 Å². The summed E-state index contributed by atoms with van der Waals surface area (Å²) in [6.45, 7) is 4.16. The number of unbranched alkanes of at least 4 members (excludes halogenated alkanes) is 1. The Morgan fingerprint density at radius 3 is 2.79 bits per heavy atom. The lowest BCUT2D eigenvalue weighted by Crippen LogP contribution is -2.60. The first kappa shape index (κ1) is 11.2. The van der Waals surface area contributed by atoms with Crippen LogP contribution >= 0.6 is 0 Å².